The Bertz CT molecular complexity index is 79.0. The van der Waals surface area contributed by atoms with Gasteiger partial charge in [0.15, 0.2) is 0 Å². The van der Waals surface area contributed by atoms with Crippen LogP contribution in [0.3, 0.4) is 0 Å². The molecule has 0 unspecified atom stereocenters. The van der Waals surface area contributed by atoms with Crippen LogP contribution in [0.4, 0.5) is 0 Å². The maximum atomic E-state index is 3.44. The first-order valence-corrected chi connectivity index (χ1v) is 6.71. The third-order valence-corrected chi connectivity index (χ3v) is 2.53. The Hall–Kier alpha value is 0.270. The van der Waals surface area contributed by atoms with Crippen LogP contribution in [-0.4, -0.2) is 38.2 Å². The Kier molecular flexibility index (Phi) is 12.5. The van der Waals surface area contributed by atoms with Crippen LogP contribution < -0.4 is 10.6 Å². The summed E-state index contributed by atoms with van der Waals surface area (Å²) in [5, 5.41) is 6.84. The lowest BCUT2D eigenvalue weighted by Crippen LogP contribution is -2.23. The van der Waals surface area contributed by atoms with Crippen molar-refractivity contribution in [2.75, 3.05) is 38.2 Å². The van der Waals surface area contributed by atoms with E-state index in [1.54, 1.807) is 0 Å². The summed E-state index contributed by atoms with van der Waals surface area (Å²) in [6.45, 7) is 6.85. The van der Waals surface area contributed by atoms with Crippen molar-refractivity contribution in [3.8, 4) is 0 Å². The minimum Gasteiger partial charge on any atom is -0.317 e. The Morgan fingerprint density at radius 1 is 0.923 bits per heavy atom. The van der Waals surface area contributed by atoms with Crippen molar-refractivity contribution < 1.29 is 0 Å². The highest BCUT2D eigenvalue weighted by Crippen LogP contribution is 1.92. The minimum atomic E-state index is 1.16. The molecule has 0 saturated carbocycles. The fraction of sp³-hybridized carbons (Fsp3) is 1.00. The van der Waals surface area contributed by atoms with Gasteiger partial charge in [-0.05, 0) is 57.5 Å². The Morgan fingerprint density at radius 3 is 2.15 bits per heavy atom. The highest BCUT2D eigenvalue weighted by molar-refractivity contribution is 7.98. The zero-order chi connectivity index (χ0) is 9.78. The van der Waals surface area contributed by atoms with E-state index in [-0.39, 0.29) is 0 Å². The number of rotatable bonds is 10. The highest BCUT2D eigenvalue weighted by atomic mass is 32.2. The fourth-order valence-electron chi connectivity index (χ4n) is 1.11. The molecule has 3 heteroatoms. The molecule has 0 radical (unpaired) electrons. The molecule has 0 atom stereocenters. The van der Waals surface area contributed by atoms with Crippen LogP contribution in [0.15, 0.2) is 0 Å². The van der Waals surface area contributed by atoms with E-state index in [1.807, 2.05) is 11.8 Å². The Labute approximate surface area is 87.2 Å². The van der Waals surface area contributed by atoms with Gasteiger partial charge in [0.25, 0.3) is 0 Å². The molecule has 0 bridgehead atoms. The minimum absolute atomic E-state index is 1.16. The predicted molar refractivity (Wildman–Crippen MR) is 63.6 cm³/mol. The standard InChI is InChI=1S/C10H24N2S/c1-3-6-11-7-4-8-12-9-5-10-13-2/h11-12H,3-10H2,1-2H3. The van der Waals surface area contributed by atoms with Gasteiger partial charge in [0.1, 0.15) is 0 Å². The molecule has 0 spiro atoms. The summed E-state index contributed by atoms with van der Waals surface area (Å²) in [7, 11) is 0. The summed E-state index contributed by atoms with van der Waals surface area (Å²) in [6.07, 6.45) is 5.94. The molecular weight excluding hydrogens is 180 g/mol. The largest absolute Gasteiger partial charge is 0.317 e. The van der Waals surface area contributed by atoms with Crippen molar-refractivity contribution in [1.82, 2.24) is 10.6 Å². The fourth-order valence-corrected chi connectivity index (χ4v) is 1.54. The second-order valence-corrected chi connectivity index (χ2v) is 4.19. The first-order valence-electron chi connectivity index (χ1n) is 5.32. The van der Waals surface area contributed by atoms with Crippen LogP contribution >= 0.6 is 11.8 Å². The van der Waals surface area contributed by atoms with Gasteiger partial charge < -0.3 is 10.6 Å². The maximum absolute atomic E-state index is 3.44. The molecule has 0 fully saturated rings. The molecule has 0 aliphatic rings. The van der Waals surface area contributed by atoms with Gasteiger partial charge in [-0.1, -0.05) is 6.92 Å². The van der Waals surface area contributed by atoms with Crippen LogP contribution in [0.25, 0.3) is 0 Å². The van der Waals surface area contributed by atoms with E-state index in [9.17, 15) is 0 Å². The number of hydrogen-bond acceptors (Lipinski definition) is 3. The van der Waals surface area contributed by atoms with Gasteiger partial charge in [-0.15, -0.1) is 0 Å². The van der Waals surface area contributed by atoms with Crippen LogP contribution in [0, 0.1) is 0 Å². The van der Waals surface area contributed by atoms with E-state index in [0.717, 1.165) is 19.6 Å². The topological polar surface area (TPSA) is 24.1 Å². The van der Waals surface area contributed by atoms with E-state index in [2.05, 4.69) is 23.8 Å². The highest BCUT2D eigenvalue weighted by Gasteiger charge is 1.88. The summed E-state index contributed by atoms with van der Waals surface area (Å²) < 4.78 is 0. The predicted octanol–water partition coefficient (Wildman–Crippen LogP) is 1.72. The molecule has 13 heavy (non-hydrogen) atoms. The average Bonchev–Trinajstić information content (AvgIpc) is 2.16. The third-order valence-electron chi connectivity index (χ3n) is 1.84. The van der Waals surface area contributed by atoms with E-state index >= 15 is 0 Å². The lowest BCUT2D eigenvalue weighted by Gasteiger charge is -2.04. The van der Waals surface area contributed by atoms with Crippen molar-refractivity contribution >= 4 is 11.8 Å². The first kappa shape index (κ1) is 13.3. The van der Waals surface area contributed by atoms with Gasteiger partial charge in [-0.2, -0.15) is 11.8 Å². The monoisotopic (exact) mass is 204 g/mol. The second-order valence-electron chi connectivity index (χ2n) is 3.20. The molecule has 0 aromatic rings. The maximum Gasteiger partial charge on any atom is -0.00368 e. The number of nitrogens with one attached hydrogen (secondary N) is 2. The quantitative estimate of drug-likeness (QED) is 0.530. The third kappa shape index (κ3) is 12.3. The smallest absolute Gasteiger partial charge is 0.00368 e. The zero-order valence-corrected chi connectivity index (χ0v) is 9.88. The number of hydrogen-bond donors (Lipinski definition) is 2. The zero-order valence-electron chi connectivity index (χ0n) is 9.07. The lowest BCUT2D eigenvalue weighted by atomic mass is 10.4. The second kappa shape index (κ2) is 12.3. The summed E-state index contributed by atoms with van der Waals surface area (Å²) in [6, 6.07) is 0. The van der Waals surface area contributed by atoms with Crippen molar-refractivity contribution in [2.45, 2.75) is 26.2 Å². The molecule has 80 valence electrons. The van der Waals surface area contributed by atoms with Crippen LogP contribution in [-0.2, 0) is 0 Å². The van der Waals surface area contributed by atoms with Gasteiger partial charge in [-0.25, -0.2) is 0 Å². The molecule has 0 aromatic heterocycles. The van der Waals surface area contributed by atoms with Gasteiger partial charge in [0.05, 0.1) is 0 Å². The van der Waals surface area contributed by atoms with Gasteiger partial charge >= 0.3 is 0 Å². The molecule has 0 rings (SSSR count). The van der Waals surface area contributed by atoms with Gasteiger partial charge in [0.2, 0.25) is 0 Å². The van der Waals surface area contributed by atoms with E-state index in [4.69, 9.17) is 0 Å². The van der Waals surface area contributed by atoms with Gasteiger partial charge in [0, 0.05) is 0 Å². The van der Waals surface area contributed by atoms with E-state index < -0.39 is 0 Å². The van der Waals surface area contributed by atoms with Crippen LogP contribution in [0.2, 0.25) is 0 Å². The first-order chi connectivity index (χ1) is 6.41. The van der Waals surface area contributed by atoms with E-state index in [0.29, 0.717) is 0 Å². The summed E-state index contributed by atoms with van der Waals surface area (Å²) >= 11 is 1.92. The van der Waals surface area contributed by atoms with Crippen LogP contribution in [0.1, 0.15) is 26.2 Å². The molecule has 2 nitrogen and oxygen atoms in total. The molecule has 0 amide bonds. The van der Waals surface area contributed by atoms with Crippen molar-refractivity contribution in [1.29, 1.82) is 0 Å². The van der Waals surface area contributed by atoms with Gasteiger partial charge in [-0.3, -0.25) is 0 Å². The molecule has 0 aliphatic carbocycles. The average molecular weight is 204 g/mol. The molecule has 0 aliphatic heterocycles. The number of thioether (sulfide) groups is 1. The Balaban J connectivity index is 2.76. The van der Waals surface area contributed by atoms with Crippen molar-refractivity contribution in [3.05, 3.63) is 0 Å². The normalized spacial score (nSPS) is 10.6. The van der Waals surface area contributed by atoms with E-state index in [1.165, 1.54) is 31.6 Å². The van der Waals surface area contributed by atoms with Crippen molar-refractivity contribution in [3.63, 3.8) is 0 Å². The SMILES string of the molecule is CCCNCCCNCCCSC. The molecule has 0 aromatic carbocycles. The molecular formula is C10H24N2S. The Morgan fingerprint density at radius 2 is 1.54 bits per heavy atom. The molecule has 0 heterocycles. The summed E-state index contributed by atoms with van der Waals surface area (Å²) in [4.78, 5) is 0. The summed E-state index contributed by atoms with van der Waals surface area (Å²) in [5.41, 5.74) is 0. The van der Waals surface area contributed by atoms with Crippen molar-refractivity contribution in [2.24, 2.45) is 0 Å². The summed E-state index contributed by atoms with van der Waals surface area (Å²) in [5.74, 6) is 1.28. The lowest BCUT2D eigenvalue weighted by molar-refractivity contribution is 0.590. The molecule has 2 N–H and O–H groups in total. The molecule has 0 saturated heterocycles. The van der Waals surface area contributed by atoms with Crippen LogP contribution in [0.5, 0.6) is 0 Å².